The van der Waals surface area contributed by atoms with Gasteiger partial charge in [-0.15, -0.1) is 0 Å². The molecule has 1 fully saturated rings. The van der Waals surface area contributed by atoms with Gasteiger partial charge in [-0.3, -0.25) is 4.90 Å². The summed E-state index contributed by atoms with van der Waals surface area (Å²) < 4.78 is 10.7. The van der Waals surface area contributed by atoms with Gasteiger partial charge in [0.15, 0.2) is 0 Å². The predicted octanol–water partition coefficient (Wildman–Crippen LogP) is 3.06. The molecule has 3 rings (SSSR count). The molecular weight excluding hydrogens is 286 g/mol. The zero-order chi connectivity index (χ0) is 14.5. The van der Waals surface area contributed by atoms with Gasteiger partial charge >= 0.3 is 0 Å². The Morgan fingerprint density at radius 2 is 2.43 bits per heavy atom. The van der Waals surface area contributed by atoms with E-state index in [0.717, 1.165) is 12.3 Å². The van der Waals surface area contributed by atoms with Crippen molar-refractivity contribution >= 4 is 11.3 Å². The summed E-state index contributed by atoms with van der Waals surface area (Å²) in [5, 5.41) is 14.5. The second-order valence-electron chi connectivity index (χ2n) is 5.46. The summed E-state index contributed by atoms with van der Waals surface area (Å²) in [6.07, 6.45) is 3.54. The standard InChI is InChI=1S/C16H21NO3S/c18-14(10-19-11-15-3-2-7-20-15)9-17-6-1-4-16(17)13-5-8-21-12-13/h2-3,5,7-8,12,14,16,18H,1,4,6,9-11H2. The molecule has 0 aliphatic carbocycles. The second-order valence-corrected chi connectivity index (χ2v) is 6.24. The van der Waals surface area contributed by atoms with Crippen molar-refractivity contribution in [3.8, 4) is 0 Å². The Morgan fingerprint density at radius 1 is 1.48 bits per heavy atom. The third kappa shape index (κ3) is 3.95. The summed E-state index contributed by atoms with van der Waals surface area (Å²) in [7, 11) is 0. The van der Waals surface area contributed by atoms with E-state index in [4.69, 9.17) is 9.15 Å². The fraction of sp³-hybridized carbons (Fsp3) is 0.500. The van der Waals surface area contributed by atoms with Gasteiger partial charge in [-0.25, -0.2) is 0 Å². The summed E-state index contributed by atoms with van der Waals surface area (Å²) in [6.45, 7) is 2.47. The number of likely N-dealkylation sites (tertiary alicyclic amines) is 1. The third-order valence-corrected chi connectivity index (χ3v) is 4.57. The third-order valence-electron chi connectivity index (χ3n) is 3.87. The van der Waals surface area contributed by atoms with E-state index in [0.29, 0.717) is 25.8 Å². The number of hydrogen-bond acceptors (Lipinski definition) is 5. The van der Waals surface area contributed by atoms with Crippen molar-refractivity contribution in [2.24, 2.45) is 0 Å². The van der Waals surface area contributed by atoms with Crippen LogP contribution in [0.15, 0.2) is 39.6 Å². The van der Waals surface area contributed by atoms with Gasteiger partial charge < -0.3 is 14.3 Å². The van der Waals surface area contributed by atoms with Gasteiger partial charge in [-0.05, 0) is 53.9 Å². The molecule has 2 atom stereocenters. The van der Waals surface area contributed by atoms with Gasteiger partial charge in [-0.1, -0.05) is 0 Å². The molecular formula is C16H21NO3S. The zero-order valence-electron chi connectivity index (χ0n) is 12.0. The van der Waals surface area contributed by atoms with Crippen molar-refractivity contribution < 1.29 is 14.3 Å². The molecule has 0 spiro atoms. The van der Waals surface area contributed by atoms with Gasteiger partial charge in [0.1, 0.15) is 12.4 Å². The Kier molecular flexibility index (Phi) is 5.08. The first-order valence-electron chi connectivity index (χ1n) is 7.37. The average Bonchev–Trinajstić information content (AvgIpc) is 3.20. The Labute approximate surface area is 129 Å². The lowest BCUT2D eigenvalue weighted by atomic mass is 10.1. The van der Waals surface area contributed by atoms with E-state index in [-0.39, 0.29) is 0 Å². The lowest BCUT2D eigenvalue weighted by Crippen LogP contribution is -2.34. The monoisotopic (exact) mass is 307 g/mol. The van der Waals surface area contributed by atoms with Crippen molar-refractivity contribution in [2.75, 3.05) is 19.7 Å². The summed E-state index contributed by atoms with van der Waals surface area (Å²) in [4.78, 5) is 2.36. The lowest BCUT2D eigenvalue weighted by Gasteiger charge is -2.26. The summed E-state index contributed by atoms with van der Waals surface area (Å²) in [5.74, 6) is 0.791. The minimum Gasteiger partial charge on any atom is -0.467 e. The van der Waals surface area contributed by atoms with Crippen LogP contribution >= 0.6 is 11.3 Å². The first-order valence-corrected chi connectivity index (χ1v) is 8.31. The molecule has 1 aliphatic rings. The quantitative estimate of drug-likeness (QED) is 0.854. The van der Waals surface area contributed by atoms with Crippen molar-refractivity contribution in [3.05, 3.63) is 46.5 Å². The average molecular weight is 307 g/mol. The Balaban J connectivity index is 1.44. The highest BCUT2D eigenvalue weighted by Crippen LogP contribution is 2.32. The van der Waals surface area contributed by atoms with Crippen LogP contribution in [0, 0.1) is 0 Å². The SMILES string of the molecule is OC(COCc1ccco1)CN1CCCC1c1ccsc1. The maximum Gasteiger partial charge on any atom is 0.129 e. The van der Waals surface area contributed by atoms with Crippen molar-refractivity contribution in [3.63, 3.8) is 0 Å². The molecule has 4 nitrogen and oxygen atoms in total. The predicted molar refractivity (Wildman–Crippen MR) is 82.2 cm³/mol. The molecule has 1 saturated heterocycles. The molecule has 1 N–H and O–H groups in total. The fourth-order valence-electron chi connectivity index (χ4n) is 2.90. The Bertz CT molecular complexity index is 512. The van der Waals surface area contributed by atoms with Gasteiger partial charge in [-0.2, -0.15) is 11.3 Å². The van der Waals surface area contributed by atoms with Gasteiger partial charge in [0.2, 0.25) is 0 Å². The maximum atomic E-state index is 10.2. The molecule has 2 unspecified atom stereocenters. The van der Waals surface area contributed by atoms with E-state index in [2.05, 4.69) is 21.7 Å². The molecule has 0 aromatic carbocycles. The Hall–Kier alpha value is -1.14. The summed E-state index contributed by atoms with van der Waals surface area (Å²) >= 11 is 1.74. The molecule has 2 aromatic rings. The number of thiophene rings is 1. The number of nitrogens with zero attached hydrogens (tertiary/aromatic N) is 1. The van der Waals surface area contributed by atoms with Crippen molar-refractivity contribution in [1.82, 2.24) is 4.90 Å². The van der Waals surface area contributed by atoms with Crippen molar-refractivity contribution in [2.45, 2.75) is 31.6 Å². The normalized spacial score (nSPS) is 20.9. The number of rotatable bonds is 7. The topological polar surface area (TPSA) is 45.8 Å². The van der Waals surface area contributed by atoms with E-state index >= 15 is 0 Å². The first kappa shape index (κ1) is 14.8. The molecule has 5 heteroatoms. The van der Waals surface area contributed by atoms with E-state index in [9.17, 15) is 5.11 Å². The number of ether oxygens (including phenoxy) is 1. The van der Waals surface area contributed by atoms with Gasteiger partial charge in [0.05, 0.1) is 19.0 Å². The van der Waals surface area contributed by atoms with Crippen LogP contribution in [0.5, 0.6) is 0 Å². The maximum absolute atomic E-state index is 10.2. The molecule has 0 saturated carbocycles. The number of aliphatic hydroxyl groups is 1. The molecule has 0 amide bonds. The van der Waals surface area contributed by atoms with Crippen LogP contribution in [0.25, 0.3) is 0 Å². The molecule has 2 aromatic heterocycles. The Morgan fingerprint density at radius 3 is 3.19 bits per heavy atom. The number of aliphatic hydroxyl groups excluding tert-OH is 1. The number of furan rings is 1. The van der Waals surface area contributed by atoms with Crippen LogP contribution in [0.2, 0.25) is 0 Å². The van der Waals surface area contributed by atoms with Crippen LogP contribution in [-0.2, 0) is 11.3 Å². The van der Waals surface area contributed by atoms with E-state index in [1.807, 2.05) is 12.1 Å². The van der Waals surface area contributed by atoms with Crippen LogP contribution in [-0.4, -0.2) is 35.8 Å². The summed E-state index contributed by atoms with van der Waals surface area (Å²) in [5.41, 5.74) is 1.38. The first-order chi connectivity index (χ1) is 10.3. The largest absolute Gasteiger partial charge is 0.467 e. The zero-order valence-corrected chi connectivity index (χ0v) is 12.8. The van der Waals surface area contributed by atoms with E-state index in [1.54, 1.807) is 17.6 Å². The molecule has 0 radical (unpaired) electrons. The highest BCUT2D eigenvalue weighted by molar-refractivity contribution is 7.07. The van der Waals surface area contributed by atoms with E-state index in [1.165, 1.54) is 18.4 Å². The highest BCUT2D eigenvalue weighted by Gasteiger charge is 2.27. The fourth-order valence-corrected chi connectivity index (χ4v) is 3.61. The summed E-state index contributed by atoms with van der Waals surface area (Å²) in [6, 6.07) is 6.36. The second kappa shape index (κ2) is 7.22. The van der Waals surface area contributed by atoms with Crippen molar-refractivity contribution in [1.29, 1.82) is 0 Å². The smallest absolute Gasteiger partial charge is 0.129 e. The molecule has 0 bridgehead atoms. The van der Waals surface area contributed by atoms with Crippen LogP contribution in [0.1, 0.15) is 30.2 Å². The van der Waals surface area contributed by atoms with Crippen LogP contribution in [0.4, 0.5) is 0 Å². The van der Waals surface area contributed by atoms with Crippen LogP contribution < -0.4 is 0 Å². The van der Waals surface area contributed by atoms with Gasteiger partial charge in [0.25, 0.3) is 0 Å². The minimum absolute atomic E-state index is 0.341. The van der Waals surface area contributed by atoms with Gasteiger partial charge in [0, 0.05) is 12.6 Å². The molecule has 1 aliphatic heterocycles. The number of β-amino-alcohol motifs (C(OH)–C–C–N with tert-alkyl or cyclic N) is 1. The van der Waals surface area contributed by atoms with E-state index < -0.39 is 6.10 Å². The van der Waals surface area contributed by atoms with Crippen LogP contribution in [0.3, 0.4) is 0 Å². The molecule has 21 heavy (non-hydrogen) atoms. The molecule has 3 heterocycles. The minimum atomic E-state index is -0.459. The lowest BCUT2D eigenvalue weighted by molar-refractivity contribution is 0.00311. The highest BCUT2D eigenvalue weighted by atomic mass is 32.1. The number of hydrogen-bond donors (Lipinski definition) is 1. The molecule has 114 valence electrons.